The third-order valence-electron chi connectivity index (χ3n) is 3.74. The van der Waals surface area contributed by atoms with Gasteiger partial charge in [0.05, 0.1) is 11.9 Å². The number of hydrogen-bond donors (Lipinski definition) is 0. The van der Waals surface area contributed by atoms with Crippen LogP contribution in [0, 0.1) is 6.92 Å². The second-order valence-electron chi connectivity index (χ2n) is 4.97. The molecule has 1 unspecified atom stereocenters. The van der Waals surface area contributed by atoms with Gasteiger partial charge in [-0.3, -0.25) is 4.79 Å². The highest BCUT2D eigenvalue weighted by Crippen LogP contribution is 2.26. The van der Waals surface area contributed by atoms with Crippen molar-refractivity contribution in [2.75, 3.05) is 13.1 Å². The quantitative estimate of drug-likeness (QED) is 0.866. The molecule has 0 bridgehead atoms. The number of carbonyl (C=O) groups excluding carboxylic acids is 1. The summed E-state index contributed by atoms with van der Waals surface area (Å²) in [7, 11) is 0. The van der Waals surface area contributed by atoms with Gasteiger partial charge in [-0.2, -0.15) is 4.37 Å². The molecule has 106 valence electrons. The maximum atomic E-state index is 12.3. The molecule has 0 N–H and O–H groups in total. The molecule has 1 amide bonds. The number of rotatable bonds is 3. The van der Waals surface area contributed by atoms with E-state index in [-0.39, 0.29) is 11.9 Å². The Morgan fingerprint density at radius 2 is 2.35 bits per heavy atom. The predicted octanol–water partition coefficient (Wildman–Crippen LogP) is 1.89. The molecule has 2 aromatic rings. The summed E-state index contributed by atoms with van der Waals surface area (Å²) in [6.45, 7) is 5.56. The molecule has 1 aliphatic heterocycles. The minimum atomic E-state index is -0.211. The highest BCUT2D eigenvalue weighted by Gasteiger charge is 2.30. The Bertz CT molecular complexity index is 620. The van der Waals surface area contributed by atoms with Crippen molar-refractivity contribution in [1.29, 1.82) is 0 Å². The van der Waals surface area contributed by atoms with Crippen LogP contribution in [-0.4, -0.2) is 43.3 Å². The zero-order chi connectivity index (χ0) is 14.1. The average Bonchev–Trinajstić information content (AvgIpc) is 3.07. The van der Waals surface area contributed by atoms with Gasteiger partial charge >= 0.3 is 0 Å². The molecule has 2 aromatic heterocycles. The van der Waals surface area contributed by atoms with E-state index in [1.54, 1.807) is 4.68 Å². The first kappa shape index (κ1) is 13.2. The fourth-order valence-electron chi connectivity index (χ4n) is 2.57. The third-order valence-corrected chi connectivity index (χ3v) is 4.46. The number of aryl methyl sites for hydroxylation is 1. The molecule has 6 nitrogen and oxygen atoms in total. The normalized spacial score (nSPS) is 19.6. The Kier molecular flexibility index (Phi) is 3.52. The lowest BCUT2D eigenvalue weighted by Gasteiger charge is -2.31. The Balaban J connectivity index is 1.87. The first-order valence-corrected chi connectivity index (χ1v) is 7.66. The molecule has 3 rings (SSSR count). The molecule has 20 heavy (non-hydrogen) atoms. The summed E-state index contributed by atoms with van der Waals surface area (Å²) in [4.78, 5) is 14.2. The maximum Gasteiger partial charge on any atom is 0.247 e. The summed E-state index contributed by atoms with van der Waals surface area (Å²) in [5.41, 5.74) is 2.74. The molecule has 0 spiro atoms. The van der Waals surface area contributed by atoms with E-state index in [2.05, 4.69) is 14.7 Å². The smallest absolute Gasteiger partial charge is 0.247 e. The van der Waals surface area contributed by atoms with E-state index in [1.165, 1.54) is 11.5 Å². The van der Waals surface area contributed by atoms with Gasteiger partial charge < -0.3 is 4.90 Å². The Morgan fingerprint density at radius 1 is 1.50 bits per heavy atom. The number of nitrogens with zero attached hydrogens (tertiary/aromatic N) is 5. The molecule has 0 aliphatic carbocycles. The maximum absolute atomic E-state index is 12.3. The Hall–Kier alpha value is -1.76. The van der Waals surface area contributed by atoms with E-state index < -0.39 is 0 Å². The van der Waals surface area contributed by atoms with Crippen molar-refractivity contribution in [2.24, 2.45) is 0 Å². The molecular formula is C13H17N5OS. The fraction of sp³-hybridized carbons (Fsp3) is 0.538. The summed E-state index contributed by atoms with van der Waals surface area (Å²) in [5, 5.41) is 10.3. The van der Waals surface area contributed by atoms with Gasteiger partial charge in [0.1, 0.15) is 11.7 Å². The van der Waals surface area contributed by atoms with E-state index in [0.29, 0.717) is 0 Å². The minimum absolute atomic E-state index is 0.148. The SMILES string of the molecule is CCN1CCCC(n2cc(-c3csnc3C)nn2)C1=O. The number of hydrogen-bond acceptors (Lipinski definition) is 5. The summed E-state index contributed by atoms with van der Waals surface area (Å²) in [5.74, 6) is 0.148. The van der Waals surface area contributed by atoms with E-state index >= 15 is 0 Å². The molecule has 0 saturated carbocycles. The summed E-state index contributed by atoms with van der Waals surface area (Å²) in [6, 6.07) is -0.211. The number of likely N-dealkylation sites (N-methyl/N-ethyl adjacent to an activating group) is 1. The first-order chi connectivity index (χ1) is 9.70. The van der Waals surface area contributed by atoms with Gasteiger partial charge in [-0.1, -0.05) is 5.21 Å². The highest BCUT2D eigenvalue weighted by molar-refractivity contribution is 7.04. The molecule has 7 heteroatoms. The van der Waals surface area contributed by atoms with E-state index in [4.69, 9.17) is 0 Å². The van der Waals surface area contributed by atoms with E-state index in [9.17, 15) is 4.79 Å². The lowest BCUT2D eigenvalue weighted by molar-refractivity contribution is -0.137. The minimum Gasteiger partial charge on any atom is -0.341 e. The fourth-order valence-corrected chi connectivity index (χ4v) is 3.28. The van der Waals surface area contributed by atoms with Crippen LogP contribution in [0.25, 0.3) is 11.3 Å². The molecule has 0 aromatic carbocycles. The van der Waals surface area contributed by atoms with Crippen LogP contribution in [0.2, 0.25) is 0 Å². The van der Waals surface area contributed by atoms with E-state index in [0.717, 1.165) is 42.9 Å². The molecule has 1 aliphatic rings. The summed E-state index contributed by atoms with van der Waals surface area (Å²) >= 11 is 1.41. The van der Waals surface area contributed by atoms with Crippen LogP contribution in [0.1, 0.15) is 31.5 Å². The van der Waals surface area contributed by atoms with Crippen LogP contribution < -0.4 is 0 Å². The van der Waals surface area contributed by atoms with Gasteiger partial charge in [-0.25, -0.2) is 4.68 Å². The summed E-state index contributed by atoms with van der Waals surface area (Å²) in [6.07, 6.45) is 3.70. The topological polar surface area (TPSA) is 63.9 Å². The Labute approximate surface area is 121 Å². The van der Waals surface area contributed by atoms with Gasteiger partial charge in [-0.15, -0.1) is 5.10 Å². The van der Waals surface area contributed by atoms with Crippen LogP contribution in [0.3, 0.4) is 0 Å². The van der Waals surface area contributed by atoms with Crippen LogP contribution in [0.5, 0.6) is 0 Å². The number of carbonyl (C=O) groups is 1. The van der Waals surface area contributed by atoms with Gasteiger partial charge in [0.2, 0.25) is 5.91 Å². The Morgan fingerprint density at radius 3 is 3.05 bits per heavy atom. The predicted molar refractivity (Wildman–Crippen MR) is 76.4 cm³/mol. The van der Waals surface area contributed by atoms with Gasteiger partial charge in [0.15, 0.2) is 0 Å². The zero-order valence-electron chi connectivity index (χ0n) is 11.6. The molecule has 3 heterocycles. The van der Waals surface area contributed by atoms with Crippen molar-refractivity contribution >= 4 is 17.4 Å². The van der Waals surface area contributed by atoms with Crippen molar-refractivity contribution in [2.45, 2.75) is 32.7 Å². The van der Waals surface area contributed by atoms with Gasteiger partial charge in [0, 0.05) is 24.0 Å². The highest BCUT2D eigenvalue weighted by atomic mass is 32.1. The largest absolute Gasteiger partial charge is 0.341 e. The molecule has 0 radical (unpaired) electrons. The molecule has 1 fully saturated rings. The monoisotopic (exact) mass is 291 g/mol. The van der Waals surface area contributed by atoms with E-state index in [1.807, 2.05) is 30.3 Å². The number of likely N-dealkylation sites (tertiary alicyclic amines) is 1. The average molecular weight is 291 g/mol. The van der Waals surface area contributed by atoms with Gasteiger partial charge in [0.25, 0.3) is 0 Å². The summed E-state index contributed by atoms with van der Waals surface area (Å²) < 4.78 is 5.95. The van der Waals surface area contributed by atoms with Crippen molar-refractivity contribution in [3.63, 3.8) is 0 Å². The zero-order valence-corrected chi connectivity index (χ0v) is 12.4. The van der Waals surface area contributed by atoms with Gasteiger partial charge in [-0.05, 0) is 38.2 Å². The molecular weight excluding hydrogens is 274 g/mol. The lowest BCUT2D eigenvalue weighted by Crippen LogP contribution is -2.42. The molecule has 1 saturated heterocycles. The van der Waals surface area contributed by atoms with Crippen LogP contribution in [0.15, 0.2) is 11.6 Å². The van der Waals surface area contributed by atoms with Crippen molar-refractivity contribution < 1.29 is 4.79 Å². The lowest BCUT2D eigenvalue weighted by atomic mass is 10.1. The second kappa shape index (κ2) is 5.32. The first-order valence-electron chi connectivity index (χ1n) is 6.82. The third kappa shape index (κ3) is 2.22. The van der Waals surface area contributed by atoms with Crippen molar-refractivity contribution in [1.82, 2.24) is 24.3 Å². The van der Waals surface area contributed by atoms with Crippen molar-refractivity contribution in [3.05, 3.63) is 17.3 Å². The van der Waals surface area contributed by atoms with Crippen LogP contribution >= 0.6 is 11.5 Å². The number of aromatic nitrogens is 4. The number of piperidine rings is 1. The van der Waals surface area contributed by atoms with Crippen molar-refractivity contribution in [3.8, 4) is 11.3 Å². The van der Waals surface area contributed by atoms with Crippen LogP contribution in [-0.2, 0) is 4.79 Å². The standard InChI is InChI=1S/C13H17N5OS/c1-3-17-6-4-5-12(13(17)19)18-7-11(14-16-18)10-8-20-15-9(10)2/h7-8,12H,3-6H2,1-2H3. The number of amides is 1. The second-order valence-corrected chi connectivity index (χ2v) is 5.60. The van der Waals surface area contributed by atoms with Crippen LogP contribution in [0.4, 0.5) is 0 Å². The molecule has 1 atom stereocenters.